The van der Waals surface area contributed by atoms with Gasteiger partial charge in [0.15, 0.2) is 11.8 Å². The second kappa shape index (κ2) is 10.8. The molecule has 1 aliphatic carbocycles. The van der Waals surface area contributed by atoms with Gasteiger partial charge in [0.2, 0.25) is 6.23 Å². The van der Waals surface area contributed by atoms with Crippen molar-refractivity contribution in [3.63, 3.8) is 0 Å². The topological polar surface area (TPSA) is 96.0 Å². The number of hydrogen-bond acceptors (Lipinski definition) is 5. The van der Waals surface area contributed by atoms with E-state index in [1.54, 1.807) is 19.9 Å². The van der Waals surface area contributed by atoms with Crippen LogP contribution in [0.2, 0.25) is 10.0 Å². The van der Waals surface area contributed by atoms with Crippen LogP contribution in [0, 0.1) is 12.3 Å². The Bertz CT molecular complexity index is 1230. The SMILES string of the molecule is CCOC1C(=O)N(C(C(=O)Nc2cc(C)c(Cl)cc2Cl)C(=O)C2(CC)CC2)C(=O)N1Cc1ccccc1. The Kier molecular flexibility index (Phi) is 7.92. The number of rotatable bonds is 10. The molecule has 2 fully saturated rings. The maximum Gasteiger partial charge on any atom is 0.330 e. The van der Waals surface area contributed by atoms with E-state index in [1.165, 1.54) is 11.0 Å². The molecule has 4 rings (SSSR count). The third kappa shape index (κ3) is 5.23. The van der Waals surface area contributed by atoms with E-state index in [4.69, 9.17) is 27.9 Å². The Labute approximate surface area is 225 Å². The number of aryl methyl sites for hydroxylation is 1. The lowest BCUT2D eigenvalue weighted by Crippen LogP contribution is -2.54. The van der Waals surface area contributed by atoms with Crippen molar-refractivity contribution in [2.75, 3.05) is 11.9 Å². The van der Waals surface area contributed by atoms with E-state index in [-0.39, 0.29) is 23.9 Å². The van der Waals surface area contributed by atoms with Gasteiger partial charge >= 0.3 is 6.03 Å². The second-order valence-electron chi connectivity index (χ2n) is 9.38. The fraction of sp³-hybridized carbons (Fsp3) is 0.407. The van der Waals surface area contributed by atoms with Crippen LogP contribution in [0.5, 0.6) is 0 Å². The number of ketones is 1. The highest BCUT2D eigenvalue weighted by molar-refractivity contribution is 6.37. The standard InChI is InChI=1S/C27H29Cl2N3O5/c1-4-27(11-12-27)22(33)21(23(34)30-20-13-16(3)18(28)14-19(20)29)32-24(35)25(37-5-2)31(26(32)36)15-17-9-7-6-8-10-17/h6-10,13-14,21,25H,4-5,11-12,15H2,1-3H3,(H,30,34). The zero-order valence-electron chi connectivity index (χ0n) is 20.9. The number of carbonyl (C=O) groups is 4. The lowest BCUT2D eigenvalue weighted by molar-refractivity contribution is -0.149. The predicted molar refractivity (Wildman–Crippen MR) is 140 cm³/mol. The van der Waals surface area contributed by atoms with Gasteiger partial charge in [0.25, 0.3) is 11.8 Å². The normalized spacial score (nSPS) is 19.2. The number of halogens is 2. The molecule has 2 aromatic rings. The first-order valence-corrected chi connectivity index (χ1v) is 13.0. The van der Waals surface area contributed by atoms with Crippen molar-refractivity contribution in [1.29, 1.82) is 0 Å². The Hall–Kier alpha value is -2.94. The fourth-order valence-electron chi connectivity index (χ4n) is 4.60. The molecule has 4 amide bonds. The maximum atomic E-state index is 13.8. The predicted octanol–water partition coefficient (Wildman–Crippen LogP) is 5.20. The molecule has 0 bridgehead atoms. The highest BCUT2D eigenvalue weighted by Crippen LogP contribution is 2.51. The van der Waals surface area contributed by atoms with Gasteiger partial charge < -0.3 is 10.1 Å². The second-order valence-corrected chi connectivity index (χ2v) is 10.2. The summed E-state index contributed by atoms with van der Waals surface area (Å²) in [7, 11) is 0. The van der Waals surface area contributed by atoms with Crippen LogP contribution < -0.4 is 5.32 Å². The Morgan fingerprint density at radius 3 is 2.38 bits per heavy atom. The molecule has 37 heavy (non-hydrogen) atoms. The molecule has 1 saturated carbocycles. The van der Waals surface area contributed by atoms with E-state index < -0.39 is 41.3 Å². The molecule has 196 valence electrons. The summed E-state index contributed by atoms with van der Waals surface area (Å²) in [5.74, 6) is -2.03. The van der Waals surface area contributed by atoms with Gasteiger partial charge in [0, 0.05) is 17.0 Å². The first-order chi connectivity index (χ1) is 17.6. The van der Waals surface area contributed by atoms with Crippen molar-refractivity contribution in [3.05, 3.63) is 63.6 Å². The lowest BCUT2D eigenvalue weighted by atomic mass is 9.91. The summed E-state index contributed by atoms with van der Waals surface area (Å²) in [5, 5.41) is 3.24. The van der Waals surface area contributed by atoms with Crippen molar-refractivity contribution < 1.29 is 23.9 Å². The minimum atomic E-state index is -1.67. The van der Waals surface area contributed by atoms with Crippen molar-refractivity contribution in [3.8, 4) is 0 Å². The molecule has 0 spiro atoms. The van der Waals surface area contributed by atoms with Gasteiger partial charge in [-0.1, -0.05) is 60.5 Å². The zero-order chi connectivity index (χ0) is 26.9. The smallest absolute Gasteiger partial charge is 0.330 e. The van der Waals surface area contributed by atoms with Crippen molar-refractivity contribution in [2.45, 2.75) is 58.8 Å². The zero-order valence-corrected chi connectivity index (χ0v) is 22.4. The number of amides is 4. The van der Waals surface area contributed by atoms with Crippen molar-refractivity contribution >= 4 is 52.5 Å². The van der Waals surface area contributed by atoms with Crippen LogP contribution in [0.1, 0.15) is 44.2 Å². The molecular weight excluding hydrogens is 517 g/mol. The first kappa shape index (κ1) is 27.1. The number of hydrogen-bond donors (Lipinski definition) is 1. The lowest BCUT2D eigenvalue weighted by Gasteiger charge is -2.27. The number of nitrogens with zero attached hydrogens (tertiary/aromatic N) is 2. The van der Waals surface area contributed by atoms with E-state index in [9.17, 15) is 19.2 Å². The number of nitrogens with one attached hydrogen (secondary N) is 1. The van der Waals surface area contributed by atoms with Crippen LogP contribution in [-0.4, -0.2) is 52.3 Å². The highest BCUT2D eigenvalue weighted by Gasteiger charge is 2.59. The molecule has 1 aliphatic heterocycles. The van der Waals surface area contributed by atoms with Gasteiger partial charge in [-0.3, -0.25) is 19.3 Å². The van der Waals surface area contributed by atoms with E-state index in [2.05, 4.69) is 5.32 Å². The van der Waals surface area contributed by atoms with Crippen LogP contribution in [0.25, 0.3) is 0 Å². The number of imide groups is 1. The van der Waals surface area contributed by atoms with E-state index in [0.717, 1.165) is 10.5 Å². The van der Waals surface area contributed by atoms with Gasteiger partial charge in [0.1, 0.15) is 0 Å². The van der Waals surface area contributed by atoms with E-state index in [1.807, 2.05) is 37.3 Å². The van der Waals surface area contributed by atoms with Crippen molar-refractivity contribution in [2.24, 2.45) is 5.41 Å². The molecule has 10 heteroatoms. The van der Waals surface area contributed by atoms with Crippen LogP contribution in [0.4, 0.5) is 10.5 Å². The number of anilines is 1. The quantitative estimate of drug-likeness (QED) is 0.327. The molecule has 1 heterocycles. The molecular formula is C27H29Cl2N3O5. The highest BCUT2D eigenvalue weighted by atomic mass is 35.5. The van der Waals surface area contributed by atoms with Crippen molar-refractivity contribution in [1.82, 2.24) is 9.80 Å². The van der Waals surface area contributed by atoms with Gasteiger partial charge in [-0.25, -0.2) is 9.69 Å². The van der Waals surface area contributed by atoms with Crippen LogP contribution >= 0.6 is 23.2 Å². The number of benzene rings is 2. The maximum absolute atomic E-state index is 13.8. The van der Waals surface area contributed by atoms with Gasteiger partial charge in [-0.05, 0) is 56.4 Å². The van der Waals surface area contributed by atoms with Crippen LogP contribution in [0.3, 0.4) is 0 Å². The summed E-state index contributed by atoms with van der Waals surface area (Å²) in [4.78, 5) is 56.7. The Balaban J connectivity index is 1.71. The molecule has 1 N–H and O–H groups in total. The minimum absolute atomic E-state index is 0.0796. The molecule has 8 nitrogen and oxygen atoms in total. The summed E-state index contributed by atoms with van der Waals surface area (Å²) < 4.78 is 5.64. The van der Waals surface area contributed by atoms with Gasteiger partial charge in [-0.15, -0.1) is 0 Å². The average Bonchev–Trinajstić information content (AvgIpc) is 3.65. The Morgan fingerprint density at radius 1 is 1.11 bits per heavy atom. The number of urea groups is 1. The summed E-state index contributed by atoms with van der Waals surface area (Å²) in [6.45, 7) is 5.55. The third-order valence-corrected chi connectivity index (χ3v) is 7.74. The summed E-state index contributed by atoms with van der Waals surface area (Å²) in [5.41, 5.74) is 0.915. The molecule has 2 unspecified atom stereocenters. The Morgan fingerprint density at radius 2 is 1.78 bits per heavy atom. The van der Waals surface area contributed by atoms with Gasteiger partial charge in [-0.2, -0.15) is 0 Å². The fourth-order valence-corrected chi connectivity index (χ4v) is 5.03. The monoisotopic (exact) mass is 545 g/mol. The molecule has 2 aliphatic rings. The third-order valence-electron chi connectivity index (χ3n) is 7.02. The summed E-state index contributed by atoms with van der Waals surface area (Å²) in [6.07, 6.45) is 0.422. The largest absolute Gasteiger partial charge is 0.350 e. The van der Waals surface area contributed by atoms with Crippen LogP contribution in [-0.2, 0) is 25.7 Å². The van der Waals surface area contributed by atoms with Gasteiger partial charge in [0.05, 0.1) is 17.3 Å². The number of carbonyl (C=O) groups excluding carboxylic acids is 4. The van der Waals surface area contributed by atoms with E-state index in [0.29, 0.717) is 29.8 Å². The summed E-state index contributed by atoms with van der Waals surface area (Å²) >= 11 is 12.4. The summed E-state index contributed by atoms with van der Waals surface area (Å²) in [6, 6.07) is 9.76. The number of Topliss-reactive ketones (excluding diaryl/α,β-unsaturated/α-hetero) is 1. The molecule has 0 radical (unpaired) electrons. The molecule has 2 aromatic carbocycles. The number of ether oxygens (including phenoxy) is 1. The molecule has 1 saturated heterocycles. The minimum Gasteiger partial charge on any atom is -0.350 e. The molecule has 0 aromatic heterocycles. The van der Waals surface area contributed by atoms with E-state index >= 15 is 0 Å². The van der Waals surface area contributed by atoms with Crippen LogP contribution in [0.15, 0.2) is 42.5 Å². The molecule has 2 atom stereocenters. The average molecular weight is 546 g/mol. The first-order valence-electron chi connectivity index (χ1n) is 12.2.